The van der Waals surface area contributed by atoms with Crippen molar-refractivity contribution in [3.8, 4) is 33.2 Å². The standard InChI is InChI=1S/C32H31N7S/c1-19(2)28-10-11-29(40-28)23-8-5-9-25-30(23)37-32(36-25)31-24-13-26(35-18-27(24)38-39-31)22-12-21(16-34-17-22)15-33-14-20-6-3-4-7-20/h5,8-13,16-18,20,33H,1,3-4,6-7,14-15H2,2H3,(H,36,37)(H,38,39). The van der Waals surface area contributed by atoms with Gasteiger partial charge >= 0.3 is 0 Å². The number of rotatable bonds is 8. The summed E-state index contributed by atoms with van der Waals surface area (Å²) in [7, 11) is 0. The maximum Gasteiger partial charge on any atom is 0.159 e. The summed E-state index contributed by atoms with van der Waals surface area (Å²) in [5, 5.41) is 12.4. The zero-order chi connectivity index (χ0) is 27.1. The van der Waals surface area contributed by atoms with E-state index in [1.165, 1.54) is 35.4 Å². The van der Waals surface area contributed by atoms with Gasteiger partial charge in [-0.1, -0.05) is 31.6 Å². The molecule has 5 aromatic heterocycles. The minimum atomic E-state index is 0.727. The number of allylic oxidation sites excluding steroid dienone is 1. The summed E-state index contributed by atoms with van der Waals surface area (Å²) in [4.78, 5) is 20.1. The van der Waals surface area contributed by atoms with Crippen molar-refractivity contribution in [2.75, 3.05) is 6.54 Å². The number of nitrogens with zero attached hydrogens (tertiary/aromatic N) is 4. The van der Waals surface area contributed by atoms with E-state index in [-0.39, 0.29) is 0 Å². The van der Waals surface area contributed by atoms with Crippen LogP contribution in [-0.2, 0) is 6.54 Å². The van der Waals surface area contributed by atoms with Crippen LogP contribution in [0.2, 0.25) is 0 Å². The minimum Gasteiger partial charge on any atom is -0.337 e. The molecule has 0 spiro atoms. The number of nitrogens with one attached hydrogen (secondary N) is 3. The summed E-state index contributed by atoms with van der Waals surface area (Å²) in [6.45, 7) is 8.02. The zero-order valence-corrected chi connectivity index (χ0v) is 23.3. The summed E-state index contributed by atoms with van der Waals surface area (Å²) in [5.74, 6) is 1.54. The first-order valence-electron chi connectivity index (χ1n) is 13.9. The van der Waals surface area contributed by atoms with Crippen LogP contribution in [-0.4, -0.2) is 36.7 Å². The van der Waals surface area contributed by atoms with E-state index < -0.39 is 0 Å². The number of benzene rings is 1. The Hall–Kier alpha value is -4.14. The highest BCUT2D eigenvalue weighted by Crippen LogP contribution is 2.36. The molecule has 0 unspecified atom stereocenters. The fraction of sp³-hybridized carbons (Fsp3) is 0.250. The van der Waals surface area contributed by atoms with Crippen molar-refractivity contribution in [1.29, 1.82) is 0 Å². The van der Waals surface area contributed by atoms with Crippen LogP contribution in [0.5, 0.6) is 0 Å². The average molecular weight is 546 g/mol. The molecule has 5 heterocycles. The van der Waals surface area contributed by atoms with Crippen LogP contribution >= 0.6 is 11.3 Å². The van der Waals surface area contributed by atoms with Gasteiger partial charge in [-0.2, -0.15) is 5.10 Å². The van der Waals surface area contributed by atoms with Crippen molar-refractivity contribution in [2.24, 2.45) is 5.92 Å². The predicted molar refractivity (Wildman–Crippen MR) is 164 cm³/mol. The van der Waals surface area contributed by atoms with Crippen LogP contribution in [0.15, 0.2) is 67.6 Å². The van der Waals surface area contributed by atoms with Crippen molar-refractivity contribution in [3.63, 3.8) is 0 Å². The Morgan fingerprint density at radius 1 is 1.07 bits per heavy atom. The summed E-state index contributed by atoms with van der Waals surface area (Å²) in [5.41, 5.74) is 8.74. The highest BCUT2D eigenvalue weighted by Gasteiger charge is 2.18. The van der Waals surface area contributed by atoms with E-state index in [2.05, 4.69) is 74.5 Å². The molecule has 0 aliphatic heterocycles. The lowest BCUT2D eigenvalue weighted by Gasteiger charge is -2.11. The SMILES string of the molecule is C=C(C)c1ccc(-c2cccc3[nH]c(-c4n[nH]c5cnc(-c6cncc(CNCC7CCCC7)c6)cc45)nc23)s1. The molecule has 7 rings (SSSR count). The molecular formula is C32H31N7S. The fourth-order valence-electron chi connectivity index (χ4n) is 5.67. The smallest absolute Gasteiger partial charge is 0.159 e. The monoisotopic (exact) mass is 545 g/mol. The van der Waals surface area contributed by atoms with Gasteiger partial charge in [-0.15, -0.1) is 11.3 Å². The summed E-state index contributed by atoms with van der Waals surface area (Å²) in [6, 6.07) is 14.8. The summed E-state index contributed by atoms with van der Waals surface area (Å²) >= 11 is 1.74. The molecule has 1 aromatic carbocycles. The average Bonchev–Trinajstić information content (AvgIpc) is 3.78. The number of pyridine rings is 2. The second-order valence-electron chi connectivity index (χ2n) is 10.8. The third-order valence-corrected chi connectivity index (χ3v) is 9.08. The zero-order valence-electron chi connectivity index (χ0n) is 22.5. The summed E-state index contributed by atoms with van der Waals surface area (Å²) < 4.78 is 0. The van der Waals surface area contributed by atoms with Gasteiger partial charge in [-0.3, -0.25) is 15.1 Å². The predicted octanol–water partition coefficient (Wildman–Crippen LogP) is 7.60. The topological polar surface area (TPSA) is 95.2 Å². The van der Waals surface area contributed by atoms with E-state index in [0.29, 0.717) is 0 Å². The Balaban J connectivity index is 1.20. The Morgan fingerprint density at radius 3 is 2.83 bits per heavy atom. The van der Waals surface area contributed by atoms with Crippen molar-refractivity contribution >= 4 is 38.8 Å². The molecule has 6 aromatic rings. The van der Waals surface area contributed by atoms with Crippen LogP contribution in [0.3, 0.4) is 0 Å². The van der Waals surface area contributed by atoms with Gasteiger partial charge in [0.2, 0.25) is 0 Å². The van der Waals surface area contributed by atoms with Crippen molar-refractivity contribution in [1.82, 2.24) is 35.5 Å². The van der Waals surface area contributed by atoms with Crippen LogP contribution in [0.1, 0.15) is 43.0 Å². The molecule has 0 amide bonds. The Bertz CT molecular complexity index is 1840. The van der Waals surface area contributed by atoms with Crippen LogP contribution in [0, 0.1) is 5.92 Å². The normalized spacial score (nSPS) is 14.0. The maximum atomic E-state index is 5.02. The molecule has 1 saturated carbocycles. The molecule has 1 aliphatic carbocycles. The summed E-state index contributed by atoms with van der Waals surface area (Å²) in [6.07, 6.45) is 11.1. The lowest BCUT2D eigenvalue weighted by atomic mass is 10.1. The number of H-pyrrole nitrogens is 2. The van der Waals surface area contributed by atoms with E-state index in [0.717, 1.165) is 80.4 Å². The van der Waals surface area contributed by atoms with Crippen molar-refractivity contribution < 1.29 is 0 Å². The Kier molecular flexibility index (Phi) is 6.49. The lowest BCUT2D eigenvalue weighted by Crippen LogP contribution is -2.20. The number of hydrogen-bond acceptors (Lipinski definition) is 6. The van der Waals surface area contributed by atoms with Crippen molar-refractivity contribution in [3.05, 3.63) is 78.1 Å². The molecule has 0 radical (unpaired) electrons. The molecular weight excluding hydrogens is 514 g/mol. The minimum absolute atomic E-state index is 0.727. The lowest BCUT2D eigenvalue weighted by molar-refractivity contribution is 0.489. The molecule has 1 aliphatic rings. The number of fused-ring (bicyclic) bond motifs is 2. The van der Waals surface area contributed by atoms with Gasteiger partial charge in [-0.25, -0.2) is 4.98 Å². The van der Waals surface area contributed by atoms with Crippen LogP contribution in [0.25, 0.3) is 60.7 Å². The van der Waals surface area contributed by atoms with Crippen molar-refractivity contribution in [2.45, 2.75) is 39.2 Å². The molecule has 0 saturated heterocycles. The van der Waals surface area contributed by atoms with E-state index in [1.54, 1.807) is 11.3 Å². The van der Waals surface area contributed by atoms with Gasteiger partial charge in [0, 0.05) is 45.2 Å². The first kappa shape index (κ1) is 24.9. The van der Waals surface area contributed by atoms with Gasteiger partial charge in [0.15, 0.2) is 5.82 Å². The number of imidazole rings is 1. The third kappa shape index (κ3) is 4.74. The van der Waals surface area contributed by atoms with Gasteiger partial charge in [-0.05, 0) is 73.7 Å². The van der Waals surface area contributed by atoms with E-state index in [1.807, 2.05) is 25.5 Å². The number of thiophene rings is 1. The first-order chi connectivity index (χ1) is 19.6. The van der Waals surface area contributed by atoms with Gasteiger partial charge in [0.05, 0.1) is 28.4 Å². The number of aromatic amines is 2. The molecule has 8 heteroatoms. The maximum absolute atomic E-state index is 5.02. The number of para-hydroxylation sites is 1. The second-order valence-corrected chi connectivity index (χ2v) is 11.9. The van der Waals surface area contributed by atoms with E-state index in [4.69, 9.17) is 9.97 Å². The van der Waals surface area contributed by atoms with Gasteiger partial charge in [0.25, 0.3) is 0 Å². The van der Waals surface area contributed by atoms with Crippen LogP contribution < -0.4 is 5.32 Å². The molecule has 3 N–H and O–H groups in total. The fourth-order valence-corrected chi connectivity index (χ4v) is 6.63. The highest BCUT2D eigenvalue weighted by atomic mass is 32.1. The first-order valence-corrected chi connectivity index (χ1v) is 14.7. The third-order valence-electron chi connectivity index (χ3n) is 7.80. The Labute approximate surface area is 236 Å². The van der Waals surface area contributed by atoms with E-state index >= 15 is 0 Å². The number of hydrogen-bond donors (Lipinski definition) is 3. The number of aromatic nitrogens is 6. The molecule has 0 bridgehead atoms. The molecule has 0 atom stereocenters. The molecule has 200 valence electrons. The second kappa shape index (κ2) is 10.4. The van der Waals surface area contributed by atoms with Crippen LogP contribution in [0.4, 0.5) is 0 Å². The largest absolute Gasteiger partial charge is 0.337 e. The van der Waals surface area contributed by atoms with E-state index in [9.17, 15) is 0 Å². The Morgan fingerprint density at radius 2 is 1.98 bits per heavy atom. The molecule has 7 nitrogen and oxygen atoms in total. The van der Waals surface area contributed by atoms with Gasteiger partial charge in [0.1, 0.15) is 5.69 Å². The van der Waals surface area contributed by atoms with Gasteiger partial charge < -0.3 is 10.3 Å². The highest BCUT2D eigenvalue weighted by molar-refractivity contribution is 7.16. The molecule has 40 heavy (non-hydrogen) atoms. The molecule has 1 fully saturated rings. The quantitative estimate of drug-likeness (QED) is 0.183.